The van der Waals surface area contributed by atoms with Gasteiger partial charge in [0.25, 0.3) is 0 Å². The molecule has 6 heteroatoms. The first-order valence-corrected chi connectivity index (χ1v) is 6.10. The van der Waals surface area contributed by atoms with Crippen LogP contribution in [0.15, 0.2) is 21.3 Å². The van der Waals surface area contributed by atoms with Gasteiger partial charge in [0.05, 0.1) is 4.47 Å². The van der Waals surface area contributed by atoms with Gasteiger partial charge >= 0.3 is 0 Å². The van der Waals surface area contributed by atoms with Crippen molar-refractivity contribution in [2.75, 3.05) is 11.9 Å². The zero-order chi connectivity index (χ0) is 12.3. The maximum atomic E-state index is 4.90. The van der Waals surface area contributed by atoms with Crippen molar-refractivity contribution in [3.05, 3.63) is 34.0 Å². The standard InChI is InChI=1S/C11H13BrN4O/c1-7-3-5-13-11(10(7)12)14-6-4-9-15-8(2)17-16-9/h3,5H,4,6H2,1-2H3,(H,13,14). The van der Waals surface area contributed by atoms with Crippen molar-refractivity contribution < 1.29 is 4.52 Å². The van der Waals surface area contributed by atoms with E-state index < -0.39 is 0 Å². The number of rotatable bonds is 4. The van der Waals surface area contributed by atoms with E-state index in [2.05, 4.69) is 36.4 Å². The van der Waals surface area contributed by atoms with Crippen molar-refractivity contribution in [2.24, 2.45) is 0 Å². The molecule has 0 aromatic carbocycles. The fraction of sp³-hybridized carbons (Fsp3) is 0.364. The van der Waals surface area contributed by atoms with Crippen molar-refractivity contribution in [1.29, 1.82) is 0 Å². The van der Waals surface area contributed by atoms with Gasteiger partial charge < -0.3 is 9.84 Å². The van der Waals surface area contributed by atoms with Gasteiger partial charge in [0, 0.05) is 26.1 Å². The second-order valence-electron chi connectivity index (χ2n) is 3.70. The lowest BCUT2D eigenvalue weighted by atomic mass is 10.3. The maximum Gasteiger partial charge on any atom is 0.223 e. The molecule has 17 heavy (non-hydrogen) atoms. The number of pyridine rings is 1. The number of aromatic nitrogens is 3. The fourth-order valence-corrected chi connectivity index (χ4v) is 1.77. The molecule has 5 nitrogen and oxygen atoms in total. The molecule has 0 radical (unpaired) electrons. The molecule has 0 aliphatic rings. The van der Waals surface area contributed by atoms with E-state index in [0.29, 0.717) is 24.7 Å². The molecule has 0 aliphatic heterocycles. The lowest BCUT2D eigenvalue weighted by Crippen LogP contribution is -2.08. The fourth-order valence-electron chi connectivity index (χ4n) is 1.40. The van der Waals surface area contributed by atoms with E-state index in [1.54, 1.807) is 13.1 Å². The predicted octanol–water partition coefficient (Wildman–Crippen LogP) is 2.50. The Bertz CT molecular complexity index is 512. The first kappa shape index (κ1) is 12.0. The first-order valence-electron chi connectivity index (χ1n) is 5.31. The maximum absolute atomic E-state index is 4.90. The zero-order valence-electron chi connectivity index (χ0n) is 9.70. The lowest BCUT2D eigenvalue weighted by molar-refractivity contribution is 0.387. The Labute approximate surface area is 108 Å². The third-order valence-corrected chi connectivity index (χ3v) is 3.29. The van der Waals surface area contributed by atoms with Gasteiger partial charge in [-0.15, -0.1) is 0 Å². The molecule has 0 saturated heterocycles. The Hall–Kier alpha value is -1.43. The van der Waals surface area contributed by atoms with E-state index >= 15 is 0 Å². The van der Waals surface area contributed by atoms with Crippen molar-refractivity contribution in [2.45, 2.75) is 20.3 Å². The van der Waals surface area contributed by atoms with E-state index in [4.69, 9.17) is 4.52 Å². The van der Waals surface area contributed by atoms with Crippen LogP contribution in [-0.4, -0.2) is 21.7 Å². The normalized spacial score (nSPS) is 10.5. The molecule has 2 heterocycles. The molecule has 0 amide bonds. The van der Waals surface area contributed by atoms with Crippen LogP contribution < -0.4 is 5.32 Å². The number of aryl methyl sites for hydroxylation is 2. The van der Waals surface area contributed by atoms with Gasteiger partial charge in [0.15, 0.2) is 5.82 Å². The minimum absolute atomic E-state index is 0.592. The smallest absolute Gasteiger partial charge is 0.223 e. The van der Waals surface area contributed by atoms with E-state index in [1.165, 1.54) is 0 Å². The molecule has 0 spiro atoms. The second kappa shape index (κ2) is 5.27. The van der Waals surface area contributed by atoms with Gasteiger partial charge in [-0.05, 0) is 34.5 Å². The average Bonchev–Trinajstić information content (AvgIpc) is 2.70. The Morgan fingerprint density at radius 3 is 2.94 bits per heavy atom. The van der Waals surface area contributed by atoms with Gasteiger partial charge in [0.1, 0.15) is 5.82 Å². The summed E-state index contributed by atoms with van der Waals surface area (Å²) in [4.78, 5) is 8.39. The minimum Gasteiger partial charge on any atom is -0.369 e. The number of nitrogens with zero attached hydrogens (tertiary/aromatic N) is 3. The second-order valence-corrected chi connectivity index (χ2v) is 4.49. The third-order valence-electron chi connectivity index (χ3n) is 2.29. The molecule has 90 valence electrons. The van der Waals surface area contributed by atoms with Gasteiger partial charge in [-0.3, -0.25) is 0 Å². The molecule has 0 saturated carbocycles. The largest absolute Gasteiger partial charge is 0.369 e. The van der Waals surface area contributed by atoms with Crippen molar-refractivity contribution in [3.63, 3.8) is 0 Å². The minimum atomic E-state index is 0.592. The van der Waals surface area contributed by atoms with Crippen LogP contribution in [-0.2, 0) is 6.42 Å². The van der Waals surface area contributed by atoms with Crippen molar-refractivity contribution >= 4 is 21.7 Å². The highest BCUT2D eigenvalue weighted by molar-refractivity contribution is 9.10. The Balaban J connectivity index is 1.92. The van der Waals surface area contributed by atoms with Gasteiger partial charge in [0.2, 0.25) is 5.89 Å². The number of anilines is 1. The molecule has 2 aromatic heterocycles. The van der Waals surface area contributed by atoms with Crippen LogP contribution >= 0.6 is 15.9 Å². The summed E-state index contributed by atoms with van der Waals surface area (Å²) in [5.41, 5.74) is 1.15. The van der Waals surface area contributed by atoms with Crippen LogP contribution in [0.3, 0.4) is 0 Å². The quantitative estimate of drug-likeness (QED) is 0.939. The number of hydrogen-bond acceptors (Lipinski definition) is 5. The first-order chi connectivity index (χ1) is 8.16. The van der Waals surface area contributed by atoms with E-state index in [-0.39, 0.29) is 0 Å². The highest BCUT2D eigenvalue weighted by atomic mass is 79.9. The molecule has 2 aromatic rings. The molecule has 0 unspecified atom stereocenters. The summed E-state index contributed by atoms with van der Waals surface area (Å²) < 4.78 is 5.89. The van der Waals surface area contributed by atoms with Gasteiger partial charge in [-0.25, -0.2) is 4.98 Å². The zero-order valence-corrected chi connectivity index (χ0v) is 11.3. The lowest BCUT2D eigenvalue weighted by Gasteiger charge is -2.07. The SMILES string of the molecule is Cc1nc(CCNc2nccc(C)c2Br)no1. The summed E-state index contributed by atoms with van der Waals surface area (Å²) in [5.74, 6) is 2.14. The van der Waals surface area contributed by atoms with Crippen LogP contribution in [0.4, 0.5) is 5.82 Å². The molecule has 0 bridgehead atoms. The highest BCUT2D eigenvalue weighted by Gasteiger charge is 2.05. The predicted molar refractivity (Wildman–Crippen MR) is 67.9 cm³/mol. The third kappa shape index (κ3) is 3.03. The van der Waals surface area contributed by atoms with Crippen LogP contribution in [0.1, 0.15) is 17.3 Å². The van der Waals surface area contributed by atoms with Crippen LogP contribution in [0.5, 0.6) is 0 Å². The van der Waals surface area contributed by atoms with Gasteiger partial charge in [-0.2, -0.15) is 4.98 Å². The van der Waals surface area contributed by atoms with Crippen LogP contribution in [0.25, 0.3) is 0 Å². The topological polar surface area (TPSA) is 63.8 Å². The van der Waals surface area contributed by atoms with Crippen LogP contribution in [0, 0.1) is 13.8 Å². The molecular weight excluding hydrogens is 284 g/mol. The summed E-state index contributed by atoms with van der Waals surface area (Å²) in [7, 11) is 0. The summed E-state index contributed by atoms with van der Waals surface area (Å²) in [6, 6.07) is 1.96. The molecule has 0 aliphatic carbocycles. The molecule has 0 atom stereocenters. The summed E-state index contributed by atoms with van der Waals surface area (Å²) >= 11 is 3.50. The molecule has 0 fully saturated rings. The summed E-state index contributed by atoms with van der Waals surface area (Å²) in [6.45, 7) is 4.52. The molecular formula is C11H13BrN4O. The number of halogens is 1. The summed E-state index contributed by atoms with van der Waals surface area (Å²) in [5, 5.41) is 7.06. The van der Waals surface area contributed by atoms with Crippen LogP contribution in [0.2, 0.25) is 0 Å². The monoisotopic (exact) mass is 296 g/mol. The van der Waals surface area contributed by atoms with Gasteiger partial charge in [-0.1, -0.05) is 5.16 Å². The van der Waals surface area contributed by atoms with E-state index in [9.17, 15) is 0 Å². The number of hydrogen-bond donors (Lipinski definition) is 1. The van der Waals surface area contributed by atoms with Crippen molar-refractivity contribution in [3.8, 4) is 0 Å². The Kier molecular flexibility index (Phi) is 3.73. The number of nitrogens with one attached hydrogen (secondary N) is 1. The Morgan fingerprint density at radius 2 is 2.24 bits per heavy atom. The summed E-state index contributed by atoms with van der Waals surface area (Å²) in [6.07, 6.45) is 2.49. The van der Waals surface area contributed by atoms with Crippen molar-refractivity contribution in [1.82, 2.24) is 15.1 Å². The molecule has 1 N–H and O–H groups in total. The molecule has 2 rings (SSSR count). The van der Waals surface area contributed by atoms with E-state index in [0.717, 1.165) is 15.9 Å². The Morgan fingerprint density at radius 1 is 1.41 bits per heavy atom. The average molecular weight is 297 g/mol. The highest BCUT2D eigenvalue weighted by Crippen LogP contribution is 2.22. The van der Waals surface area contributed by atoms with E-state index in [1.807, 2.05) is 13.0 Å².